The Labute approximate surface area is 184 Å². The van der Waals surface area contributed by atoms with Crippen LogP contribution < -0.4 is 10.6 Å². The van der Waals surface area contributed by atoms with E-state index in [1.165, 1.54) is 0 Å². The van der Waals surface area contributed by atoms with Crippen molar-refractivity contribution in [2.24, 2.45) is 5.92 Å². The van der Waals surface area contributed by atoms with Crippen LogP contribution in [0, 0.1) is 5.92 Å². The fourth-order valence-corrected chi connectivity index (χ4v) is 5.73. The SMILES string of the molecule is OC(COC1CCC(Cl)C(F)C1)NC12CC(NC(O)COC3CC(C(F)(F)F)C3)(C1)C2. The summed E-state index contributed by atoms with van der Waals surface area (Å²) in [6.45, 7) is 0.0251. The van der Waals surface area contributed by atoms with Gasteiger partial charge in [0.1, 0.15) is 18.6 Å². The molecule has 31 heavy (non-hydrogen) atoms. The third-order valence-corrected chi connectivity index (χ3v) is 7.65. The highest BCUT2D eigenvalue weighted by atomic mass is 35.5. The highest BCUT2D eigenvalue weighted by molar-refractivity contribution is 6.21. The standard InChI is InChI=1S/C20H31ClF4N2O4/c21-14-2-1-12(5-15(14)22)30-6-16(28)26-18-8-19(9-18,10-18)27-17(29)7-31-13-3-11(4-13)20(23,24)25/h11-17,26-29H,1-10H2. The minimum absolute atomic E-state index is 0.0476. The second kappa shape index (κ2) is 8.85. The number of hydrogen-bond donors (Lipinski definition) is 4. The Balaban J connectivity index is 1.07. The van der Waals surface area contributed by atoms with Crippen molar-refractivity contribution in [2.75, 3.05) is 13.2 Å². The molecule has 0 spiro atoms. The van der Waals surface area contributed by atoms with Crippen LogP contribution in [0.2, 0.25) is 0 Å². The van der Waals surface area contributed by atoms with E-state index in [4.69, 9.17) is 21.1 Å². The molecule has 5 fully saturated rings. The van der Waals surface area contributed by atoms with Gasteiger partial charge in [0.2, 0.25) is 0 Å². The molecule has 0 saturated heterocycles. The summed E-state index contributed by atoms with van der Waals surface area (Å²) in [5, 5.41) is 26.1. The summed E-state index contributed by atoms with van der Waals surface area (Å²) in [6, 6.07) is 0. The van der Waals surface area contributed by atoms with E-state index in [1.54, 1.807) is 0 Å². The van der Waals surface area contributed by atoms with Gasteiger partial charge in [-0.25, -0.2) is 4.39 Å². The second-order valence-electron chi connectivity index (χ2n) is 9.88. The number of rotatable bonds is 10. The summed E-state index contributed by atoms with van der Waals surface area (Å²) in [5.74, 6) is -1.30. The lowest BCUT2D eigenvalue weighted by Gasteiger charge is -2.71. The van der Waals surface area contributed by atoms with Crippen molar-refractivity contribution in [2.45, 2.75) is 105 Å². The second-order valence-corrected chi connectivity index (χ2v) is 10.4. The molecule has 180 valence electrons. The Bertz CT molecular complexity index is 617. The molecule has 0 radical (unpaired) electrons. The molecule has 0 aromatic heterocycles. The maximum atomic E-state index is 13.7. The van der Waals surface area contributed by atoms with Crippen molar-refractivity contribution < 1.29 is 37.2 Å². The van der Waals surface area contributed by atoms with Gasteiger partial charge in [-0.1, -0.05) is 0 Å². The first-order chi connectivity index (χ1) is 14.5. The van der Waals surface area contributed by atoms with Crippen LogP contribution in [0.25, 0.3) is 0 Å². The third-order valence-electron chi connectivity index (χ3n) is 7.16. The summed E-state index contributed by atoms with van der Waals surface area (Å²) < 4.78 is 62.1. The Hall–Kier alpha value is -0.230. The average molecular weight is 475 g/mol. The number of nitrogens with one attached hydrogen (secondary N) is 2. The zero-order valence-corrected chi connectivity index (χ0v) is 18.0. The minimum Gasteiger partial charge on any atom is -0.376 e. The number of halogens is 5. The summed E-state index contributed by atoms with van der Waals surface area (Å²) in [7, 11) is 0. The van der Waals surface area contributed by atoms with Crippen LogP contribution >= 0.6 is 11.6 Å². The lowest BCUT2D eigenvalue weighted by molar-refractivity contribution is -0.224. The quantitative estimate of drug-likeness (QED) is 0.221. The molecule has 5 rings (SSSR count). The van der Waals surface area contributed by atoms with Gasteiger partial charge in [-0.3, -0.25) is 10.6 Å². The molecule has 5 aliphatic rings. The molecule has 2 bridgehead atoms. The number of aliphatic hydroxyl groups excluding tert-OH is 2. The minimum atomic E-state index is -4.17. The monoisotopic (exact) mass is 474 g/mol. The maximum Gasteiger partial charge on any atom is 0.392 e. The van der Waals surface area contributed by atoms with Crippen molar-refractivity contribution in [1.29, 1.82) is 0 Å². The van der Waals surface area contributed by atoms with Gasteiger partial charge in [-0.05, 0) is 44.9 Å². The number of alkyl halides is 5. The van der Waals surface area contributed by atoms with Crippen LogP contribution in [0.1, 0.15) is 51.4 Å². The van der Waals surface area contributed by atoms with E-state index in [0.29, 0.717) is 12.8 Å². The lowest BCUT2D eigenvalue weighted by atomic mass is 9.44. The molecule has 5 unspecified atom stereocenters. The smallest absolute Gasteiger partial charge is 0.376 e. The van der Waals surface area contributed by atoms with Gasteiger partial charge < -0.3 is 19.7 Å². The summed E-state index contributed by atoms with van der Waals surface area (Å²) in [6.07, 6.45) is -4.20. The van der Waals surface area contributed by atoms with Gasteiger partial charge >= 0.3 is 6.18 Å². The third kappa shape index (κ3) is 5.47. The predicted molar refractivity (Wildman–Crippen MR) is 104 cm³/mol. The van der Waals surface area contributed by atoms with Gasteiger partial charge in [-0.2, -0.15) is 13.2 Å². The molecule has 5 atom stereocenters. The zero-order chi connectivity index (χ0) is 22.4. The fraction of sp³-hybridized carbons (Fsp3) is 1.00. The van der Waals surface area contributed by atoms with E-state index in [1.807, 2.05) is 0 Å². The van der Waals surface area contributed by atoms with Gasteiger partial charge in [0.25, 0.3) is 0 Å². The van der Waals surface area contributed by atoms with E-state index < -0.39 is 42.2 Å². The van der Waals surface area contributed by atoms with E-state index in [-0.39, 0.29) is 49.7 Å². The van der Waals surface area contributed by atoms with Crippen molar-refractivity contribution in [3.63, 3.8) is 0 Å². The Morgan fingerprint density at radius 2 is 1.42 bits per heavy atom. The molecule has 6 nitrogen and oxygen atoms in total. The highest BCUT2D eigenvalue weighted by Crippen LogP contribution is 2.60. The van der Waals surface area contributed by atoms with Crippen molar-refractivity contribution >= 4 is 11.6 Å². The zero-order valence-electron chi connectivity index (χ0n) is 17.2. The molecule has 5 aliphatic carbocycles. The predicted octanol–water partition coefficient (Wildman–Crippen LogP) is 2.35. The Kier molecular flexibility index (Phi) is 6.83. The van der Waals surface area contributed by atoms with Crippen molar-refractivity contribution in [3.8, 4) is 0 Å². The molecule has 0 amide bonds. The molecule has 0 aliphatic heterocycles. The molecular weight excluding hydrogens is 444 g/mol. The van der Waals surface area contributed by atoms with Crippen molar-refractivity contribution in [3.05, 3.63) is 0 Å². The van der Waals surface area contributed by atoms with Crippen molar-refractivity contribution in [1.82, 2.24) is 10.6 Å². The molecule has 0 aromatic rings. The molecule has 0 heterocycles. The first kappa shape index (κ1) is 23.9. The van der Waals surface area contributed by atoms with Gasteiger partial charge in [0, 0.05) is 17.5 Å². The number of aliphatic hydroxyl groups is 2. The summed E-state index contributed by atoms with van der Waals surface area (Å²) >= 11 is 5.87. The highest BCUT2D eigenvalue weighted by Gasteiger charge is 2.68. The van der Waals surface area contributed by atoms with Crippen LogP contribution in [0.4, 0.5) is 17.6 Å². The van der Waals surface area contributed by atoms with Gasteiger partial charge in [-0.15, -0.1) is 11.6 Å². The van der Waals surface area contributed by atoms with Gasteiger partial charge in [0.05, 0.1) is 36.7 Å². The van der Waals surface area contributed by atoms with Crippen LogP contribution in [-0.2, 0) is 9.47 Å². The van der Waals surface area contributed by atoms with Crippen LogP contribution in [0.5, 0.6) is 0 Å². The molecule has 4 N–H and O–H groups in total. The molecular formula is C20H31ClF4N2O4. The first-order valence-electron chi connectivity index (χ1n) is 11.0. The summed E-state index contributed by atoms with van der Waals surface area (Å²) in [5.41, 5.74) is -0.439. The molecule has 0 aromatic carbocycles. The Morgan fingerprint density at radius 1 is 0.903 bits per heavy atom. The first-order valence-corrected chi connectivity index (χ1v) is 11.4. The van der Waals surface area contributed by atoms with E-state index in [2.05, 4.69) is 10.6 Å². The number of hydrogen-bond acceptors (Lipinski definition) is 6. The van der Waals surface area contributed by atoms with Crippen LogP contribution in [0.15, 0.2) is 0 Å². The Morgan fingerprint density at radius 3 is 1.90 bits per heavy atom. The normalized spacial score (nSPS) is 44.0. The van der Waals surface area contributed by atoms with E-state index >= 15 is 0 Å². The largest absolute Gasteiger partial charge is 0.392 e. The topological polar surface area (TPSA) is 83.0 Å². The lowest BCUT2D eigenvalue weighted by Crippen LogP contribution is -2.84. The van der Waals surface area contributed by atoms with E-state index in [0.717, 1.165) is 19.3 Å². The summed E-state index contributed by atoms with van der Waals surface area (Å²) in [4.78, 5) is 0. The van der Waals surface area contributed by atoms with Gasteiger partial charge in [0.15, 0.2) is 0 Å². The molecule has 11 heteroatoms. The maximum absolute atomic E-state index is 13.7. The van der Waals surface area contributed by atoms with Crippen LogP contribution in [0.3, 0.4) is 0 Å². The molecule has 5 saturated carbocycles. The number of ether oxygens (including phenoxy) is 2. The van der Waals surface area contributed by atoms with Crippen LogP contribution in [-0.4, -0.2) is 76.9 Å². The fourth-order valence-electron chi connectivity index (χ4n) is 5.50. The average Bonchev–Trinajstić information content (AvgIpc) is 2.57. The van der Waals surface area contributed by atoms with E-state index in [9.17, 15) is 27.8 Å².